The maximum absolute atomic E-state index is 12.0. The number of para-hydroxylation sites is 1. The highest BCUT2D eigenvalue weighted by atomic mass is 35.5. The fourth-order valence-electron chi connectivity index (χ4n) is 2.69. The van der Waals surface area contributed by atoms with Crippen molar-refractivity contribution in [1.29, 1.82) is 0 Å². The predicted molar refractivity (Wildman–Crippen MR) is 124 cm³/mol. The van der Waals surface area contributed by atoms with Crippen molar-refractivity contribution in [2.75, 3.05) is 6.61 Å². The van der Waals surface area contributed by atoms with Crippen LogP contribution in [0.25, 0.3) is 0 Å². The van der Waals surface area contributed by atoms with Crippen molar-refractivity contribution in [2.24, 2.45) is 5.10 Å². The van der Waals surface area contributed by atoms with E-state index in [-0.39, 0.29) is 12.3 Å². The first-order chi connectivity index (χ1) is 15.1. The van der Waals surface area contributed by atoms with E-state index in [1.165, 1.54) is 0 Å². The highest BCUT2D eigenvalue weighted by Gasteiger charge is 2.05. The van der Waals surface area contributed by atoms with E-state index < -0.39 is 0 Å². The summed E-state index contributed by atoms with van der Waals surface area (Å²) in [6.07, 6.45) is 2.37. The second kappa shape index (κ2) is 12.0. The summed E-state index contributed by atoms with van der Waals surface area (Å²) in [5.74, 6) is 1.03. The summed E-state index contributed by atoms with van der Waals surface area (Å²) in [5, 5.41) is 5.02. The number of carbonyl (C=O) groups excluding carboxylic acids is 1. The average molecular weight is 457 g/mol. The molecule has 0 saturated carbocycles. The Balaban J connectivity index is 1.42. The molecular weight excluding hydrogens is 435 g/mol. The molecule has 3 aromatic rings. The third kappa shape index (κ3) is 7.63. The van der Waals surface area contributed by atoms with Gasteiger partial charge in [-0.05, 0) is 42.3 Å². The molecule has 0 bridgehead atoms. The van der Waals surface area contributed by atoms with Crippen LogP contribution >= 0.6 is 23.2 Å². The Hall–Kier alpha value is -3.02. The zero-order chi connectivity index (χ0) is 21.9. The molecule has 0 aliphatic heterocycles. The highest BCUT2D eigenvalue weighted by Crippen LogP contribution is 2.27. The minimum Gasteiger partial charge on any atom is -0.492 e. The van der Waals surface area contributed by atoms with Gasteiger partial charge in [-0.2, -0.15) is 5.10 Å². The number of rotatable bonds is 10. The van der Waals surface area contributed by atoms with E-state index in [4.69, 9.17) is 32.7 Å². The van der Waals surface area contributed by atoms with Gasteiger partial charge in [0.2, 0.25) is 5.91 Å². The number of hydrogen-bond acceptors (Lipinski definition) is 4. The van der Waals surface area contributed by atoms with Gasteiger partial charge in [0.15, 0.2) is 0 Å². The molecule has 7 heteroatoms. The summed E-state index contributed by atoms with van der Waals surface area (Å²) in [6, 6.07) is 22.4. The number of carbonyl (C=O) groups is 1. The topological polar surface area (TPSA) is 59.9 Å². The molecule has 1 amide bonds. The predicted octanol–water partition coefficient (Wildman–Crippen LogP) is 5.88. The Labute approximate surface area is 191 Å². The van der Waals surface area contributed by atoms with Crippen molar-refractivity contribution in [1.82, 2.24) is 5.43 Å². The summed E-state index contributed by atoms with van der Waals surface area (Å²) in [4.78, 5) is 12.0. The van der Waals surface area contributed by atoms with E-state index in [9.17, 15) is 4.79 Å². The monoisotopic (exact) mass is 456 g/mol. The lowest BCUT2D eigenvalue weighted by molar-refractivity contribution is -0.121. The molecule has 160 valence electrons. The standard InChI is InChI=1S/C24H22Cl2N2O3/c25-20-12-13-23(21(26)15-20)30-14-6-11-24(29)28-27-16-19-9-4-5-10-22(19)31-17-18-7-2-1-3-8-18/h1-5,7-10,12-13,15-16H,6,11,14,17H2,(H,28,29). The Morgan fingerprint density at radius 2 is 1.71 bits per heavy atom. The number of nitrogens with one attached hydrogen (secondary N) is 1. The number of benzene rings is 3. The number of halogens is 2. The van der Waals surface area contributed by atoms with E-state index in [0.717, 1.165) is 11.1 Å². The smallest absolute Gasteiger partial charge is 0.240 e. The minimum atomic E-state index is -0.204. The Bertz CT molecular complexity index is 1030. The zero-order valence-electron chi connectivity index (χ0n) is 16.8. The molecule has 0 unspecified atom stereocenters. The maximum atomic E-state index is 12.0. The summed E-state index contributed by atoms with van der Waals surface area (Å²) in [5.41, 5.74) is 4.38. The fourth-order valence-corrected chi connectivity index (χ4v) is 3.15. The van der Waals surface area contributed by atoms with Crippen LogP contribution < -0.4 is 14.9 Å². The molecule has 0 atom stereocenters. The van der Waals surface area contributed by atoms with Gasteiger partial charge >= 0.3 is 0 Å². The molecule has 0 saturated heterocycles. The first-order valence-corrected chi connectivity index (χ1v) is 10.5. The van der Waals surface area contributed by atoms with Gasteiger partial charge < -0.3 is 9.47 Å². The van der Waals surface area contributed by atoms with Crippen LogP contribution in [0.3, 0.4) is 0 Å². The van der Waals surface area contributed by atoms with Crippen LogP contribution in [0.15, 0.2) is 77.9 Å². The van der Waals surface area contributed by atoms with Crippen molar-refractivity contribution in [3.8, 4) is 11.5 Å². The SMILES string of the molecule is O=C(CCCOc1ccc(Cl)cc1Cl)NN=Cc1ccccc1OCc1ccccc1. The van der Waals surface area contributed by atoms with Crippen LogP contribution in [0.5, 0.6) is 11.5 Å². The van der Waals surface area contributed by atoms with Gasteiger partial charge in [0.25, 0.3) is 0 Å². The Morgan fingerprint density at radius 3 is 2.52 bits per heavy atom. The second-order valence-electron chi connectivity index (χ2n) is 6.63. The van der Waals surface area contributed by atoms with E-state index >= 15 is 0 Å². The van der Waals surface area contributed by atoms with Gasteiger partial charge in [-0.3, -0.25) is 4.79 Å². The molecule has 0 heterocycles. The van der Waals surface area contributed by atoms with E-state index in [0.29, 0.717) is 41.2 Å². The lowest BCUT2D eigenvalue weighted by atomic mass is 10.2. The minimum absolute atomic E-state index is 0.204. The first-order valence-electron chi connectivity index (χ1n) is 9.77. The third-order valence-electron chi connectivity index (χ3n) is 4.25. The average Bonchev–Trinajstić information content (AvgIpc) is 2.78. The van der Waals surface area contributed by atoms with Gasteiger partial charge in [0.1, 0.15) is 18.1 Å². The molecule has 0 radical (unpaired) electrons. The summed E-state index contributed by atoms with van der Waals surface area (Å²) in [7, 11) is 0. The molecular formula is C24H22Cl2N2O3. The van der Waals surface area contributed by atoms with Gasteiger partial charge in [0.05, 0.1) is 17.8 Å². The summed E-state index contributed by atoms with van der Waals surface area (Å²) >= 11 is 11.9. The van der Waals surface area contributed by atoms with Crippen molar-refractivity contribution >= 4 is 35.3 Å². The molecule has 3 aromatic carbocycles. The van der Waals surface area contributed by atoms with Crippen LogP contribution in [0.1, 0.15) is 24.0 Å². The number of ether oxygens (including phenoxy) is 2. The molecule has 0 aliphatic rings. The van der Waals surface area contributed by atoms with E-state index in [1.54, 1.807) is 24.4 Å². The van der Waals surface area contributed by atoms with Gasteiger partial charge in [-0.25, -0.2) is 5.43 Å². The second-order valence-corrected chi connectivity index (χ2v) is 7.48. The fraction of sp³-hybridized carbons (Fsp3) is 0.167. The van der Waals surface area contributed by atoms with Crippen LogP contribution in [0, 0.1) is 0 Å². The van der Waals surface area contributed by atoms with E-state index in [2.05, 4.69) is 10.5 Å². The third-order valence-corrected chi connectivity index (χ3v) is 4.78. The highest BCUT2D eigenvalue weighted by molar-refractivity contribution is 6.35. The first kappa shape index (κ1) is 22.7. The van der Waals surface area contributed by atoms with Gasteiger partial charge in [0, 0.05) is 17.0 Å². The van der Waals surface area contributed by atoms with Crippen LogP contribution in [0.4, 0.5) is 0 Å². The van der Waals surface area contributed by atoms with Crippen molar-refractivity contribution < 1.29 is 14.3 Å². The largest absolute Gasteiger partial charge is 0.492 e. The summed E-state index contributed by atoms with van der Waals surface area (Å²) in [6.45, 7) is 0.810. The normalized spacial score (nSPS) is 10.8. The molecule has 31 heavy (non-hydrogen) atoms. The van der Waals surface area contributed by atoms with Crippen LogP contribution in [0.2, 0.25) is 10.0 Å². The number of hydrazone groups is 1. The van der Waals surface area contributed by atoms with Crippen LogP contribution in [-0.4, -0.2) is 18.7 Å². The molecule has 3 rings (SSSR count). The van der Waals surface area contributed by atoms with Crippen molar-refractivity contribution in [3.05, 3.63) is 94.0 Å². The molecule has 0 aromatic heterocycles. The molecule has 1 N–H and O–H groups in total. The summed E-state index contributed by atoms with van der Waals surface area (Å²) < 4.78 is 11.4. The molecule has 5 nitrogen and oxygen atoms in total. The molecule has 0 fully saturated rings. The number of nitrogens with zero attached hydrogens (tertiary/aromatic N) is 1. The molecule has 0 spiro atoms. The van der Waals surface area contributed by atoms with E-state index in [1.807, 2.05) is 54.6 Å². The molecule has 0 aliphatic carbocycles. The Morgan fingerprint density at radius 1 is 0.935 bits per heavy atom. The van der Waals surface area contributed by atoms with Gasteiger partial charge in [-0.1, -0.05) is 65.7 Å². The van der Waals surface area contributed by atoms with Gasteiger partial charge in [-0.15, -0.1) is 0 Å². The lowest BCUT2D eigenvalue weighted by Crippen LogP contribution is -2.18. The Kier molecular flexibility index (Phi) is 8.76. The lowest BCUT2D eigenvalue weighted by Gasteiger charge is -2.09. The number of amides is 1. The van der Waals surface area contributed by atoms with Crippen molar-refractivity contribution in [3.63, 3.8) is 0 Å². The zero-order valence-corrected chi connectivity index (χ0v) is 18.3. The quantitative estimate of drug-likeness (QED) is 0.235. The van der Waals surface area contributed by atoms with Crippen molar-refractivity contribution in [2.45, 2.75) is 19.4 Å². The number of hydrogen-bond donors (Lipinski definition) is 1. The maximum Gasteiger partial charge on any atom is 0.240 e. The van der Waals surface area contributed by atoms with Crippen LogP contribution in [-0.2, 0) is 11.4 Å².